The largest absolute Gasteiger partial charge is 0.353 e. The van der Waals surface area contributed by atoms with Crippen molar-refractivity contribution in [3.8, 4) is 0 Å². The maximum atomic E-state index is 12.6. The lowest BCUT2D eigenvalue weighted by atomic mass is 9.99. The van der Waals surface area contributed by atoms with Gasteiger partial charge in [-0.25, -0.2) is 0 Å². The standard InChI is InChI=1S/C23H41N3O5/c1-16(8-9-17(2)27)13-22(30)26-21(11-10-18(3)28)15-23(31)25-20(14-19(4)29)7-6-12-24-5/h16,20-21,24H,6-15H2,1-5H3,(H,25,31)(H,26,30). The van der Waals surface area contributed by atoms with E-state index in [2.05, 4.69) is 16.0 Å². The van der Waals surface area contributed by atoms with Crippen LogP contribution in [-0.4, -0.2) is 54.8 Å². The van der Waals surface area contributed by atoms with Crippen molar-refractivity contribution < 1.29 is 24.0 Å². The van der Waals surface area contributed by atoms with E-state index in [0.29, 0.717) is 25.7 Å². The molecule has 0 aromatic heterocycles. The fourth-order valence-electron chi connectivity index (χ4n) is 3.37. The first-order valence-electron chi connectivity index (χ1n) is 11.2. The monoisotopic (exact) mass is 439 g/mol. The normalized spacial score (nSPS) is 13.7. The summed E-state index contributed by atoms with van der Waals surface area (Å²) in [5.74, 6) is -0.274. The zero-order chi connectivity index (χ0) is 23.8. The lowest BCUT2D eigenvalue weighted by Gasteiger charge is -2.22. The van der Waals surface area contributed by atoms with Gasteiger partial charge in [-0.3, -0.25) is 14.4 Å². The molecule has 0 heterocycles. The van der Waals surface area contributed by atoms with Gasteiger partial charge in [0.2, 0.25) is 11.8 Å². The molecule has 0 radical (unpaired) electrons. The van der Waals surface area contributed by atoms with E-state index in [9.17, 15) is 24.0 Å². The van der Waals surface area contributed by atoms with Crippen molar-refractivity contribution in [1.29, 1.82) is 0 Å². The van der Waals surface area contributed by atoms with Gasteiger partial charge in [0.1, 0.15) is 17.3 Å². The highest BCUT2D eigenvalue weighted by Gasteiger charge is 2.21. The van der Waals surface area contributed by atoms with Crippen molar-refractivity contribution in [1.82, 2.24) is 16.0 Å². The summed E-state index contributed by atoms with van der Waals surface area (Å²) in [6.07, 6.45) is 3.85. The first-order valence-corrected chi connectivity index (χ1v) is 11.2. The summed E-state index contributed by atoms with van der Waals surface area (Å²) in [6.45, 7) is 7.22. The Balaban J connectivity index is 4.84. The van der Waals surface area contributed by atoms with E-state index in [-0.39, 0.29) is 66.8 Å². The molecular formula is C23H41N3O5. The average Bonchev–Trinajstić information content (AvgIpc) is 2.63. The third-order valence-electron chi connectivity index (χ3n) is 5.04. The molecule has 0 bridgehead atoms. The molecule has 0 aromatic rings. The van der Waals surface area contributed by atoms with E-state index in [1.807, 2.05) is 14.0 Å². The number of rotatable bonds is 18. The van der Waals surface area contributed by atoms with Crippen LogP contribution in [0.1, 0.15) is 85.5 Å². The molecule has 3 N–H and O–H groups in total. The molecule has 0 spiro atoms. The summed E-state index contributed by atoms with van der Waals surface area (Å²) in [4.78, 5) is 59.1. The summed E-state index contributed by atoms with van der Waals surface area (Å²) in [5, 5.41) is 8.83. The molecule has 3 atom stereocenters. The van der Waals surface area contributed by atoms with Crippen molar-refractivity contribution in [2.75, 3.05) is 13.6 Å². The SMILES string of the molecule is CNCCCC(CC(C)=O)NC(=O)CC(CCC(C)=O)NC(=O)CC(C)CCC(C)=O. The van der Waals surface area contributed by atoms with Crippen LogP contribution in [0.25, 0.3) is 0 Å². The van der Waals surface area contributed by atoms with E-state index in [1.54, 1.807) is 0 Å². The van der Waals surface area contributed by atoms with Crippen LogP contribution in [-0.2, 0) is 24.0 Å². The number of nitrogens with one attached hydrogen (secondary N) is 3. The Morgan fingerprint density at radius 2 is 1.19 bits per heavy atom. The van der Waals surface area contributed by atoms with Gasteiger partial charge < -0.3 is 25.5 Å². The number of carbonyl (C=O) groups excluding carboxylic acids is 5. The zero-order valence-electron chi connectivity index (χ0n) is 19.8. The van der Waals surface area contributed by atoms with Crippen LogP contribution >= 0.6 is 0 Å². The van der Waals surface area contributed by atoms with Crippen molar-refractivity contribution in [2.45, 2.75) is 97.6 Å². The van der Waals surface area contributed by atoms with E-state index in [0.717, 1.165) is 13.0 Å². The quantitative estimate of drug-likeness (QED) is 0.281. The van der Waals surface area contributed by atoms with Gasteiger partial charge in [-0.05, 0) is 66.0 Å². The Bertz CT molecular complexity index is 606. The molecule has 0 aliphatic carbocycles. The summed E-state index contributed by atoms with van der Waals surface area (Å²) in [7, 11) is 1.85. The van der Waals surface area contributed by atoms with Gasteiger partial charge in [-0.15, -0.1) is 0 Å². The van der Waals surface area contributed by atoms with Crippen LogP contribution in [0.3, 0.4) is 0 Å². The van der Waals surface area contributed by atoms with E-state index < -0.39 is 6.04 Å². The second-order valence-corrected chi connectivity index (χ2v) is 8.68. The molecule has 8 heteroatoms. The number of amides is 2. The molecular weight excluding hydrogens is 398 g/mol. The molecule has 0 aliphatic heterocycles. The molecule has 0 aromatic carbocycles. The van der Waals surface area contributed by atoms with Gasteiger partial charge >= 0.3 is 0 Å². The third-order valence-corrected chi connectivity index (χ3v) is 5.04. The number of carbonyl (C=O) groups is 5. The summed E-state index contributed by atoms with van der Waals surface area (Å²) in [5.41, 5.74) is 0. The van der Waals surface area contributed by atoms with Gasteiger partial charge in [0.05, 0.1) is 0 Å². The van der Waals surface area contributed by atoms with Gasteiger partial charge in [-0.2, -0.15) is 0 Å². The highest BCUT2D eigenvalue weighted by molar-refractivity contribution is 5.82. The van der Waals surface area contributed by atoms with Crippen LogP contribution in [0.5, 0.6) is 0 Å². The van der Waals surface area contributed by atoms with Crippen molar-refractivity contribution >= 4 is 29.2 Å². The average molecular weight is 440 g/mol. The fraction of sp³-hybridized carbons (Fsp3) is 0.783. The Hall–Kier alpha value is -2.09. The highest BCUT2D eigenvalue weighted by atomic mass is 16.2. The molecule has 0 rings (SSSR count). The molecule has 2 amide bonds. The van der Waals surface area contributed by atoms with Gasteiger partial charge in [-0.1, -0.05) is 6.92 Å². The molecule has 0 fully saturated rings. The van der Waals surface area contributed by atoms with E-state index in [4.69, 9.17) is 0 Å². The molecule has 8 nitrogen and oxygen atoms in total. The first kappa shape index (κ1) is 28.9. The van der Waals surface area contributed by atoms with Crippen molar-refractivity contribution in [3.63, 3.8) is 0 Å². The minimum Gasteiger partial charge on any atom is -0.353 e. The van der Waals surface area contributed by atoms with Gasteiger partial charge in [0, 0.05) is 44.2 Å². The fourth-order valence-corrected chi connectivity index (χ4v) is 3.37. The van der Waals surface area contributed by atoms with Crippen molar-refractivity contribution in [3.05, 3.63) is 0 Å². The predicted molar refractivity (Wildman–Crippen MR) is 121 cm³/mol. The number of hydrogen-bond acceptors (Lipinski definition) is 6. The third kappa shape index (κ3) is 17.3. The maximum Gasteiger partial charge on any atom is 0.222 e. The minimum absolute atomic E-state index is 0.00370. The van der Waals surface area contributed by atoms with Crippen molar-refractivity contribution in [2.24, 2.45) is 5.92 Å². The molecule has 31 heavy (non-hydrogen) atoms. The summed E-state index contributed by atoms with van der Waals surface area (Å²) < 4.78 is 0. The van der Waals surface area contributed by atoms with E-state index >= 15 is 0 Å². The van der Waals surface area contributed by atoms with Crippen LogP contribution in [0, 0.1) is 5.92 Å². The second-order valence-electron chi connectivity index (χ2n) is 8.68. The second kappa shape index (κ2) is 16.6. The molecule has 3 unspecified atom stereocenters. The lowest BCUT2D eigenvalue weighted by Crippen LogP contribution is -2.43. The Kier molecular flexibility index (Phi) is 15.5. The summed E-state index contributed by atoms with van der Waals surface area (Å²) in [6, 6.07) is -0.694. The first-order chi connectivity index (χ1) is 14.5. The van der Waals surface area contributed by atoms with E-state index in [1.165, 1.54) is 20.8 Å². The smallest absolute Gasteiger partial charge is 0.222 e. The molecule has 0 saturated heterocycles. The maximum absolute atomic E-state index is 12.6. The molecule has 0 aliphatic rings. The number of hydrogen-bond donors (Lipinski definition) is 3. The molecule has 178 valence electrons. The van der Waals surface area contributed by atoms with Crippen LogP contribution in [0.15, 0.2) is 0 Å². The molecule has 0 saturated carbocycles. The minimum atomic E-state index is -0.452. The Labute approximate surface area is 186 Å². The Morgan fingerprint density at radius 3 is 1.71 bits per heavy atom. The summed E-state index contributed by atoms with van der Waals surface area (Å²) >= 11 is 0. The Morgan fingerprint density at radius 1 is 0.677 bits per heavy atom. The topological polar surface area (TPSA) is 121 Å². The van der Waals surface area contributed by atoms with Crippen LogP contribution in [0.4, 0.5) is 0 Å². The van der Waals surface area contributed by atoms with Crippen LogP contribution in [0.2, 0.25) is 0 Å². The van der Waals surface area contributed by atoms with Gasteiger partial charge in [0.25, 0.3) is 0 Å². The number of ketones is 3. The lowest BCUT2D eigenvalue weighted by molar-refractivity contribution is -0.126. The highest BCUT2D eigenvalue weighted by Crippen LogP contribution is 2.12. The predicted octanol–water partition coefficient (Wildman–Crippen LogP) is 2.09. The van der Waals surface area contributed by atoms with Crippen LogP contribution < -0.4 is 16.0 Å². The van der Waals surface area contributed by atoms with Gasteiger partial charge in [0.15, 0.2) is 0 Å². The zero-order valence-corrected chi connectivity index (χ0v) is 19.8. The number of Topliss-reactive ketones (excluding diaryl/α,β-unsaturated/α-hetero) is 3.